The van der Waals surface area contributed by atoms with Crippen LogP contribution < -0.4 is 0 Å². The number of aromatic carboxylic acids is 1. The SMILES string of the molecule is Cc1onc(-c2c(Cl)cccc2Cl)c1CO[C@H]1C[C@H]2C[C@H](C)[C@@H](C1)[C@]2(O)c1nc2ccc(C(=O)O)cc2s1. The van der Waals surface area contributed by atoms with E-state index in [1.165, 1.54) is 11.3 Å². The normalized spacial score (nSPS) is 26.8. The van der Waals surface area contributed by atoms with Crippen molar-refractivity contribution in [2.45, 2.75) is 51.4 Å². The first-order chi connectivity index (χ1) is 18.2. The lowest BCUT2D eigenvalue weighted by Gasteiger charge is -2.41. The van der Waals surface area contributed by atoms with E-state index in [2.05, 4.69) is 12.1 Å². The average molecular weight is 573 g/mol. The van der Waals surface area contributed by atoms with E-state index in [1.54, 1.807) is 36.4 Å². The summed E-state index contributed by atoms with van der Waals surface area (Å²) in [6, 6.07) is 10.2. The van der Waals surface area contributed by atoms with E-state index in [1.807, 2.05) is 6.92 Å². The molecule has 6 rings (SSSR count). The average Bonchev–Trinajstić information content (AvgIpc) is 3.49. The van der Waals surface area contributed by atoms with Gasteiger partial charge in [-0.3, -0.25) is 0 Å². The molecule has 2 saturated carbocycles. The lowest BCUT2D eigenvalue weighted by Crippen LogP contribution is -2.45. The van der Waals surface area contributed by atoms with Crippen molar-refractivity contribution < 1.29 is 24.3 Å². The molecular formula is C28H26Cl2N2O5S. The highest BCUT2D eigenvalue weighted by Gasteiger charge is 2.59. The van der Waals surface area contributed by atoms with Crippen molar-refractivity contribution in [3.05, 3.63) is 68.3 Å². The summed E-state index contributed by atoms with van der Waals surface area (Å²) in [5, 5.41) is 27.3. The first-order valence-electron chi connectivity index (χ1n) is 12.5. The van der Waals surface area contributed by atoms with Crippen molar-refractivity contribution in [2.75, 3.05) is 0 Å². The van der Waals surface area contributed by atoms with Crippen LogP contribution in [-0.4, -0.2) is 32.4 Å². The number of hydrogen-bond acceptors (Lipinski definition) is 7. The Balaban J connectivity index is 1.24. The molecule has 0 radical (unpaired) electrons. The van der Waals surface area contributed by atoms with Crippen LogP contribution in [0.5, 0.6) is 0 Å². The number of carbonyl (C=O) groups is 1. The maximum atomic E-state index is 12.1. The van der Waals surface area contributed by atoms with E-state index >= 15 is 0 Å². The summed E-state index contributed by atoms with van der Waals surface area (Å²) in [4.78, 5) is 16.2. The first-order valence-corrected chi connectivity index (χ1v) is 14.1. The van der Waals surface area contributed by atoms with Gasteiger partial charge in [0, 0.05) is 11.1 Å². The van der Waals surface area contributed by atoms with E-state index in [0.717, 1.165) is 16.7 Å². The second-order valence-corrected chi connectivity index (χ2v) is 12.3. The molecule has 4 aromatic rings. The highest BCUT2D eigenvalue weighted by Crippen LogP contribution is 2.59. The quantitative estimate of drug-likeness (QED) is 0.253. The fourth-order valence-electron chi connectivity index (χ4n) is 6.29. The number of carboxylic acids is 1. The Bertz CT molecular complexity index is 1530. The van der Waals surface area contributed by atoms with E-state index in [4.69, 9.17) is 37.4 Å². The zero-order valence-corrected chi connectivity index (χ0v) is 23.1. The Morgan fingerprint density at radius 3 is 2.68 bits per heavy atom. The largest absolute Gasteiger partial charge is 0.478 e. The lowest BCUT2D eigenvalue weighted by atomic mass is 9.72. The molecule has 2 heterocycles. The number of halogens is 2. The second-order valence-electron chi connectivity index (χ2n) is 10.4. The van der Waals surface area contributed by atoms with Gasteiger partial charge in [0.25, 0.3) is 0 Å². The smallest absolute Gasteiger partial charge is 0.335 e. The highest BCUT2D eigenvalue weighted by molar-refractivity contribution is 7.18. The molecule has 10 heteroatoms. The Labute approximate surface area is 233 Å². The van der Waals surface area contributed by atoms with E-state index in [9.17, 15) is 15.0 Å². The topological polar surface area (TPSA) is 106 Å². The molecule has 7 nitrogen and oxygen atoms in total. The van der Waals surface area contributed by atoms with Gasteiger partial charge in [-0.25, -0.2) is 9.78 Å². The predicted molar refractivity (Wildman–Crippen MR) is 146 cm³/mol. The van der Waals surface area contributed by atoms with Crippen LogP contribution in [0.4, 0.5) is 0 Å². The Kier molecular flexibility index (Phi) is 6.52. The molecule has 5 atom stereocenters. The van der Waals surface area contributed by atoms with Gasteiger partial charge in [0.2, 0.25) is 0 Å². The Morgan fingerprint density at radius 2 is 1.97 bits per heavy atom. The van der Waals surface area contributed by atoms with Crippen LogP contribution in [0.2, 0.25) is 10.0 Å². The van der Waals surface area contributed by atoms with Crippen LogP contribution in [0.1, 0.15) is 52.9 Å². The van der Waals surface area contributed by atoms with Gasteiger partial charge in [0.1, 0.15) is 22.1 Å². The van der Waals surface area contributed by atoms with Crippen molar-refractivity contribution in [2.24, 2.45) is 17.8 Å². The van der Waals surface area contributed by atoms with Gasteiger partial charge in [-0.2, -0.15) is 0 Å². The monoisotopic (exact) mass is 572 g/mol. The predicted octanol–water partition coefficient (Wildman–Crippen LogP) is 7.10. The van der Waals surface area contributed by atoms with Gasteiger partial charge in [-0.1, -0.05) is 41.3 Å². The summed E-state index contributed by atoms with van der Waals surface area (Å²) in [7, 11) is 0. The molecule has 0 amide bonds. The molecule has 0 saturated heterocycles. The third kappa shape index (κ3) is 4.14. The zero-order valence-electron chi connectivity index (χ0n) is 20.8. The van der Waals surface area contributed by atoms with Gasteiger partial charge < -0.3 is 19.5 Å². The number of aromatic nitrogens is 2. The molecule has 2 aliphatic rings. The standard InChI is InChI=1S/C28H26Cl2N2O5S/c1-13-8-16-10-17(36-12-18-14(2)37-32-25(18)24-20(29)4-3-5-21(24)30)11-19(13)28(16,35)27-31-22-7-6-15(26(33)34)9-23(22)38-27/h3-7,9,13,16-17,19,35H,8,10-12H2,1-2H3,(H,33,34)/t13-,16+,17-,19+,28-/m0/s1. The third-order valence-corrected chi connectivity index (χ3v) is 10.0. The molecule has 0 unspecified atom stereocenters. The summed E-state index contributed by atoms with van der Waals surface area (Å²) in [5.41, 5.74) is 1.88. The Hall–Kier alpha value is -2.49. The first kappa shape index (κ1) is 25.8. The highest BCUT2D eigenvalue weighted by atomic mass is 35.5. The number of ether oxygens (including phenoxy) is 1. The molecule has 0 aliphatic heterocycles. The minimum absolute atomic E-state index is 0.0122. The number of carboxylic acid groups (broad SMARTS) is 1. The molecule has 0 spiro atoms. The number of aryl methyl sites for hydroxylation is 1. The summed E-state index contributed by atoms with van der Waals surface area (Å²) in [6.07, 6.45) is 2.22. The number of nitrogens with zero attached hydrogens (tertiary/aromatic N) is 2. The van der Waals surface area contributed by atoms with Gasteiger partial charge in [-0.15, -0.1) is 11.3 Å². The van der Waals surface area contributed by atoms with Crippen molar-refractivity contribution in [3.8, 4) is 11.3 Å². The van der Waals surface area contributed by atoms with Crippen LogP contribution in [0.3, 0.4) is 0 Å². The minimum atomic E-state index is -1.06. The molecule has 2 bridgehead atoms. The lowest BCUT2D eigenvalue weighted by molar-refractivity contribution is -0.120. The molecule has 2 N–H and O–H groups in total. The van der Waals surface area contributed by atoms with Crippen LogP contribution in [-0.2, 0) is 16.9 Å². The van der Waals surface area contributed by atoms with Crippen molar-refractivity contribution >= 4 is 50.7 Å². The summed E-state index contributed by atoms with van der Waals surface area (Å²) < 4.78 is 12.7. The number of thiazole rings is 1. The Morgan fingerprint density at radius 1 is 1.21 bits per heavy atom. The van der Waals surface area contributed by atoms with Crippen LogP contribution in [0.15, 0.2) is 40.9 Å². The van der Waals surface area contributed by atoms with Crippen LogP contribution in [0.25, 0.3) is 21.5 Å². The van der Waals surface area contributed by atoms with Gasteiger partial charge in [0.15, 0.2) is 0 Å². The zero-order chi connectivity index (χ0) is 26.8. The molecule has 198 valence electrons. The van der Waals surface area contributed by atoms with Crippen molar-refractivity contribution in [1.82, 2.24) is 10.1 Å². The van der Waals surface area contributed by atoms with Crippen molar-refractivity contribution in [1.29, 1.82) is 0 Å². The maximum absolute atomic E-state index is 12.1. The van der Waals surface area contributed by atoms with Gasteiger partial charge in [-0.05, 0) is 74.3 Å². The van der Waals surface area contributed by atoms with Gasteiger partial charge in [0.05, 0.1) is 38.5 Å². The van der Waals surface area contributed by atoms with E-state index in [-0.39, 0.29) is 23.5 Å². The molecule has 2 aliphatic carbocycles. The number of fused-ring (bicyclic) bond motifs is 3. The maximum Gasteiger partial charge on any atom is 0.335 e. The minimum Gasteiger partial charge on any atom is -0.478 e. The number of rotatable bonds is 6. The molecular weight excluding hydrogens is 547 g/mol. The number of hydrogen-bond donors (Lipinski definition) is 2. The summed E-state index contributed by atoms with van der Waals surface area (Å²) in [5.74, 6) is -0.0617. The van der Waals surface area contributed by atoms with Crippen LogP contribution >= 0.6 is 34.5 Å². The number of aliphatic hydroxyl groups is 1. The van der Waals surface area contributed by atoms with Gasteiger partial charge >= 0.3 is 5.97 Å². The second kappa shape index (κ2) is 9.61. The summed E-state index contributed by atoms with van der Waals surface area (Å²) >= 11 is 14.3. The fraction of sp³-hybridized carbons (Fsp3) is 0.393. The molecule has 38 heavy (non-hydrogen) atoms. The molecule has 2 fully saturated rings. The molecule has 2 aromatic carbocycles. The third-order valence-electron chi connectivity index (χ3n) is 8.22. The fourth-order valence-corrected chi connectivity index (χ4v) is 8.11. The number of benzene rings is 2. The molecule has 2 aromatic heterocycles. The van der Waals surface area contributed by atoms with E-state index < -0.39 is 11.6 Å². The van der Waals surface area contributed by atoms with E-state index in [0.29, 0.717) is 63.0 Å². The van der Waals surface area contributed by atoms with Crippen molar-refractivity contribution in [3.63, 3.8) is 0 Å². The van der Waals surface area contributed by atoms with Crippen LogP contribution in [0, 0.1) is 24.7 Å². The summed E-state index contributed by atoms with van der Waals surface area (Å²) in [6.45, 7) is 4.31.